The fraction of sp³-hybridized carbons (Fsp3) is 0.682. The molecule has 174 valence electrons. The van der Waals surface area contributed by atoms with Crippen molar-refractivity contribution in [1.82, 2.24) is 14.5 Å². The molecule has 8 nitrogen and oxygen atoms in total. The second kappa shape index (κ2) is 9.85. The fourth-order valence-electron chi connectivity index (χ4n) is 4.65. The van der Waals surface area contributed by atoms with Crippen LogP contribution in [0, 0.1) is 5.92 Å². The van der Waals surface area contributed by atoms with Crippen LogP contribution >= 0.6 is 0 Å². The van der Waals surface area contributed by atoms with E-state index in [0.29, 0.717) is 31.2 Å². The lowest BCUT2D eigenvalue weighted by molar-refractivity contribution is 0.0675. The van der Waals surface area contributed by atoms with Crippen molar-refractivity contribution in [1.29, 1.82) is 0 Å². The first-order valence-corrected chi connectivity index (χ1v) is 12.4. The summed E-state index contributed by atoms with van der Waals surface area (Å²) in [7, 11) is 1.76. The van der Waals surface area contributed by atoms with Crippen LogP contribution in [0.15, 0.2) is 23.1 Å². The summed E-state index contributed by atoms with van der Waals surface area (Å²) in [6.45, 7) is 4.06. The number of hydrogen-bond donors (Lipinski definition) is 1. The smallest absolute Gasteiger partial charge is 0.251 e. The van der Waals surface area contributed by atoms with Crippen LogP contribution in [0.5, 0.6) is 5.75 Å². The van der Waals surface area contributed by atoms with Crippen molar-refractivity contribution in [2.24, 2.45) is 5.92 Å². The Labute approximate surface area is 185 Å². The maximum atomic E-state index is 13.2. The summed E-state index contributed by atoms with van der Waals surface area (Å²) in [6.07, 6.45) is 4.41. The molecule has 1 heterocycles. The number of rotatable bonds is 7. The molecule has 1 saturated carbocycles. The van der Waals surface area contributed by atoms with Crippen LogP contribution in [-0.2, 0) is 14.8 Å². The van der Waals surface area contributed by atoms with Gasteiger partial charge in [0.25, 0.3) is 5.91 Å². The van der Waals surface area contributed by atoms with Gasteiger partial charge in [0.2, 0.25) is 10.0 Å². The molecular formula is C22H35N3O5S. The molecular weight excluding hydrogens is 418 g/mol. The van der Waals surface area contributed by atoms with Gasteiger partial charge in [-0.15, -0.1) is 0 Å². The number of ether oxygens (including phenoxy) is 2. The summed E-state index contributed by atoms with van der Waals surface area (Å²) in [4.78, 5) is 15.2. The second-order valence-corrected chi connectivity index (χ2v) is 10.8. The minimum atomic E-state index is -3.79. The third kappa shape index (κ3) is 5.22. The highest BCUT2D eigenvalue weighted by molar-refractivity contribution is 7.89. The highest BCUT2D eigenvalue weighted by Gasteiger charge is 2.37. The molecule has 2 aliphatic rings. The molecule has 31 heavy (non-hydrogen) atoms. The number of hydrogen-bond acceptors (Lipinski definition) is 6. The second-order valence-electron chi connectivity index (χ2n) is 8.89. The van der Waals surface area contributed by atoms with Gasteiger partial charge in [-0.25, -0.2) is 8.42 Å². The number of carbonyl (C=O) groups excluding carboxylic acids is 1. The van der Waals surface area contributed by atoms with E-state index in [0.717, 1.165) is 19.3 Å². The first kappa shape index (κ1) is 24.0. The monoisotopic (exact) mass is 453 g/mol. The Hall–Kier alpha value is -1.68. The molecule has 1 amide bonds. The minimum Gasteiger partial charge on any atom is -0.495 e. The van der Waals surface area contributed by atoms with E-state index in [1.54, 1.807) is 12.1 Å². The van der Waals surface area contributed by atoms with Gasteiger partial charge in [-0.1, -0.05) is 19.8 Å². The van der Waals surface area contributed by atoms with Gasteiger partial charge in [-0.2, -0.15) is 4.31 Å². The van der Waals surface area contributed by atoms with Gasteiger partial charge in [0.15, 0.2) is 0 Å². The molecule has 1 saturated heterocycles. The van der Waals surface area contributed by atoms with Crippen molar-refractivity contribution in [2.75, 3.05) is 54.1 Å². The highest BCUT2D eigenvalue weighted by Crippen LogP contribution is 2.35. The summed E-state index contributed by atoms with van der Waals surface area (Å²) in [5.41, 5.74) is 0.230. The van der Waals surface area contributed by atoms with Crippen LogP contribution in [0.1, 0.15) is 43.0 Å². The number of likely N-dealkylation sites (N-methyl/N-ethyl adjacent to an activating group) is 1. The van der Waals surface area contributed by atoms with Gasteiger partial charge in [0.05, 0.1) is 20.3 Å². The number of nitrogens with zero attached hydrogens (tertiary/aromatic N) is 2. The molecule has 1 aliphatic heterocycles. The Balaban J connectivity index is 1.81. The lowest BCUT2D eigenvalue weighted by atomic mass is 9.75. The molecule has 0 bridgehead atoms. The third-order valence-electron chi connectivity index (χ3n) is 6.61. The van der Waals surface area contributed by atoms with Gasteiger partial charge >= 0.3 is 0 Å². The number of carbonyl (C=O) groups is 1. The third-order valence-corrected chi connectivity index (χ3v) is 8.53. The van der Waals surface area contributed by atoms with Gasteiger partial charge in [0.1, 0.15) is 10.6 Å². The summed E-state index contributed by atoms with van der Waals surface area (Å²) in [5, 5.41) is 3.06. The molecule has 1 aromatic rings. The van der Waals surface area contributed by atoms with Gasteiger partial charge < -0.3 is 19.7 Å². The molecule has 9 heteroatoms. The molecule has 1 aliphatic carbocycles. The summed E-state index contributed by atoms with van der Waals surface area (Å²) < 4.78 is 38.3. The molecule has 3 rings (SSSR count). The van der Waals surface area contributed by atoms with Crippen LogP contribution in [0.2, 0.25) is 0 Å². The average Bonchev–Trinajstić information content (AvgIpc) is 2.77. The van der Waals surface area contributed by atoms with Gasteiger partial charge in [-0.05, 0) is 51.1 Å². The van der Waals surface area contributed by atoms with Crippen LogP contribution in [0.4, 0.5) is 0 Å². The lowest BCUT2D eigenvalue weighted by Gasteiger charge is -2.45. The van der Waals surface area contributed by atoms with Crippen molar-refractivity contribution in [2.45, 2.75) is 43.0 Å². The quantitative estimate of drug-likeness (QED) is 0.679. The first-order valence-electron chi connectivity index (χ1n) is 10.9. The van der Waals surface area contributed by atoms with Crippen molar-refractivity contribution < 1.29 is 22.7 Å². The maximum absolute atomic E-state index is 13.2. The summed E-state index contributed by atoms with van der Waals surface area (Å²) in [5.74, 6) is 0.564. The van der Waals surface area contributed by atoms with E-state index in [-0.39, 0.29) is 35.2 Å². The van der Waals surface area contributed by atoms with E-state index in [2.05, 4.69) is 31.2 Å². The van der Waals surface area contributed by atoms with E-state index in [1.165, 1.54) is 23.9 Å². The predicted molar refractivity (Wildman–Crippen MR) is 119 cm³/mol. The average molecular weight is 454 g/mol. The normalized spacial score (nSPS) is 25.4. The van der Waals surface area contributed by atoms with Gasteiger partial charge in [-0.3, -0.25) is 4.79 Å². The Morgan fingerprint density at radius 3 is 2.65 bits per heavy atom. The van der Waals surface area contributed by atoms with E-state index in [9.17, 15) is 13.2 Å². The maximum Gasteiger partial charge on any atom is 0.251 e. The zero-order chi connectivity index (χ0) is 22.6. The molecule has 2 atom stereocenters. The zero-order valence-corrected chi connectivity index (χ0v) is 19.8. The molecule has 0 unspecified atom stereocenters. The number of nitrogens with one attached hydrogen (secondary N) is 1. The highest BCUT2D eigenvalue weighted by atomic mass is 32.2. The van der Waals surface area contributed by atoms with E-state index in [4.69, 9.17) is 9.47 Å². The topological polar surface area (TPSA) is 88.2 Å². The summed E-state index contributed by atoms with van der Waals surface area (Å²) >= 11 is 0. The Morgan fingerprint density at radius 1 is 1.32 bits per heavy atom. The molecule has 1 N–H and O–H groups in total. The number of amides is 1. The molecule has 0 aromatic heterocycles. The molecule has 0 radical (unpaired) electrons. The van der Waals surface area contributed by atoms with Crippen LogP contribution < -0.4 is 10.1 Å². The van der Waals surface area contributed by atoms with Crippen LogP contribution in [0.25, 0.3) is 0 Å². The Bertz CT molecular complexity index is 883. The van der Waals surface area contributed by atoms with Crippen LogP contribution in [0.3, 0.4) is 0 Å². The van der Waals surface area contributed by atoms with Crippen molar-refractivity contribution >= 4 is 15.9 Å². The van der Waals surface area contributed by atoms with Crippen LogP contribution in [-0.4, -0.2) is 83.1 Å². The van der Waals surface area contributed by atoms with E-state index in [1.807, 2.05) is 0 Å². The van der Waals surface area contributed by atoms with E-state index < -0.39 is 10.0 Å². The zero-order valence-electron chi connectivity index (χ0n) is 19.0. The SMILES string of the molecule is COc1ccc(C(=O)NC[C@@]2(N(C)C)CCC[C@H](C)C2)cc1S(=O)(=O)N1CCOCC1. The number of methoxy groups -OCH3 is 1. The number of sulfonamides is 1. The van der Waals surface area contributed by atoms with Gasteiger partial charge in [0, 0.05) is 30.7 Å². The predicted octanol–water partition coefficient (Wildman–Crippen LogP) is 1.96. The largest absolute Gasteiger partial charge is 0.495 e. The van der Waals surface area contributed by atoms with E-state index >= 15 is 0 Å². The fourth-order valence-corrected chi connectivity index (χ4v) is 6.24. The first-order chi connectivity index (χ1) is 14.7. The lowest BCUT2D eigenvalue weighted by Crippen LogP contribution is -2.55. The van der Waals surface area contributed by atoms with Crippen molar-refractivity contribution in [3.8, 4) is 5.75 Å². The Kier molecular flexibility index (Phi) is 7.62. The molecule has 1 aromatic carbocycles. The Morgan fingerprint density at radius 2 is 2.03 bits per heavy atom. The molecule has 0 spiro atoms. The summed E-state index contributed by atoms with van der Waals surface area (Å²) in [6, 6.07) is 4.58. The number of morpholine rings is 1. The minimum absolute atomic E-state index is 0.0122. The number of benzene rings is 1. The molecule has 2 fully saturated rings. The standard InChI is InChI=1S/C22H35N3O5S/c1-17-6-5-9-22(15-17,24(2)3)16-23-21(26)18-7-8-19(29-4)20(14-18)31(27,28)25-10-12-30-13-11-25/h7-8,14,17H,5-6,9-13,15-16H2,1-4H3,(H,23,26)/t17-,22+/m0/s1. The van der Waals surface area contributed by atoms with Crippen molar-refractivity contribution in [3.63, 3.8) is 0 Å². The van der Waals surface area contributed by atoms with Crippen molar-refractivity contribution in [3.05, 3.63) is 23.8 Å².